The Balaban J connectivity index is 3.12. The van der Waals surface area contributed by atoms with Crippen LogP contribution in [0.3, 0.4) is 0 Å². The van der Waals surface area contributed by atoms with Crippen molar-refractivity contribution in [2.75, 3.05) is 14.2 Å². The van der Waals surface area contributed by atoms with Gasteiger partial charge in [-0.05, 0) is 36.5 Å². The van der Waals surface area contributed by atoms with Crippen LogP contribution >= 0.6 is 15.9 Å². The third-order valence-electron chi connectivity index (χ3n) is 5.87. The van der Waals surface area contributed by atoms with Crippen molar-refractivity contribution < 1.29 is 23.4 Å². The number of hydrogen-bond donors (Lipinski definition) is 0. The predicted octanol–water partition coefficient (Wildman–Crippen LogP) is 5.91. The number of methoxy groups -OCH3 is 2. The molecule has 0 aromatic carbocycles. The minimum Gasteiger partial charge on any atom is -0.459 e. The van der Waals surface area contributed by atoms with Crippen LogP contribution < -0.4 is 0 Å². The van der Waals surface area contributed by atoms with Gasteiger partial charge in [0.25, 0.3) is 0 Å². The molecule has 1 rings (SSSR count). The number of ether oxygens (including phenoxy) is 3. The number of allylic oxidation sites excluding steroid dienone is 2. The van der Waals surface area contributed by atoms with Crippen molar-refractivity contribution >= 4 is 30.2 Å². The average Bonchev–Trinajstić information content (AvgIpc) is 2.66. The van der Waals surface area contributed by atoms with Gasteiger partial charge >= 0.3 is 5.97 Å². The van der Waals surface area contributed by atoms with E-state index in [0.29, 0.717) is 12.8 Å². The zero-order valence-corrected chi connectivity index (χ0v) is 22.3. The summed E-state index contributed by atoms with van der Waals surface area (Å²) in [6.07, 6.45) is 9.03. The molecular formula is C23H39BrO5Si. The van der Waals surface area contributed by atoms with Crippen molar-refractivity contribution in [3.05, 3.63) is 34.9 Å². The molecule has 0 saturated carbocycles. The fourth-order valence-electron chi connectivity index (χ4n) is 2.92. The number of hydrogen-bond acceptors (Lipinski definition) is 5. The van der Waals surface area contributed by atoms with E-state index in [9.17, 15) is 4.79 Å². The quantitative estimate of drug-likeness (QED) is 0.211. The van der Waals surface area contributed by atoms with Crippen molar-refractivity contribution in [3.8, 4) is 0 Å². The van der Waals surface area contributed by atoms with Crippen LogP contribution in [0.25, 0.3) is 0 Å². The first-order valence-electron chi connectivity index (χ1n) is 10.5. The smallest absolute Gasteiger partial charge is 0.308 e. The summed E-state index contributed by atoms with van der Waals surface area (Å²) in [5.74, 6) is -0.232. The minimum atomic E-state index is -2.08. The van der Waals surface area contributed by atoms with Gasteiger partial charge in [0.05, 0.1) is 18.6 Å². The summed E-state index contributed by atoms with van der Waals surface area (Å²) in [5, 5.41) is 0.0470. The molecule has 0 bridgehead atoms. The molecule has 7 heteroatoms. The molecule has 1 fully saturated rings. The van der Waals surface area contributed by atoms with Crippen LogP contribution in [0, 0.1) is 0 Å². The van der Waals surface area contributed by atoms with E-state index in [1.165, 1.54) is 0 Å². The number of halogens is 1. The lowest BCUT2D eigenvalue weighted by molar-refractivity contribution is -0.167. The van der Waals surface area contributed by atoms with Gasteiger partial charge in [0.15, 0.2) is 8.32 Å². The van der Waals surface area contributed by atoms with E-state index in [1.54, 1.807) is 14.2 Å². The van der Waals surface area contributed by atoms with Crippen LogP contribution in [0.5, 0.6) is 0 Å². The topological polar surface area (TPSA) is 54.0 Å². The summed E-state index contributed by atoms with van der Waals surface area (Å²) in [6.45, 7) is 13.1. The summed E-state index contributed by atoms with van der Waals surface area (Å²) in [5.41, 5.74) is 1.04. The van der Waals surface area contributed by atoms with Gasteiger partial charge in [0.1, 0.15) is 12.2 Å². The molecule has 4 atom stereocenters. The van der Waals surface area contributed by atoms with Crippen LogP contribution in [0.1, 0.15) is 47.0 Å². The van der Waals surface area contributed by atoms with Crippen molar-refractivity contribution in [1.29, 1.82) is 0 Å². The van der Waals surface area contributed by atoms with Crippen LogP contribution in [-0.4, -0.2) is 52.9 Å². The molecule has 0 aliphatic carbocycles. The Bertz CT molecular complexity index is 636. The summed E-state index contributed by atoms with van der Waals surface area (Å²) >= 11 is 3.29. The normalized spacial score (nSPS) is 23.8. The number of esters is 1. The predicted molar refractivity (Wildman–Crippen MR) is 128 cm³/mol. The number of carbonyl (C=O) groups is 1. The zero-order valence-electron chi connectivity index (χ0n) is 19.7. The Morgan fingerprint density at radius 1 is 1.33 bits per heavy atom. The molecule has 1 saturated heterocycles. The maximum atomic E-state index is 12.1. The van der Waals surface area contributed by atoms with Gasteiger partial charge in [-0.25, -0.2) is 0 Å². The summed E-state index contributed by atoms with van der Waals surface area (Å²) < 4.78 is 23.4. The lowest BCUT2D eigenvalue weighted by Crippen LogP contribution is -2.49. The maximum absolute atomic E-state index is 12.1. The van der Waals surface area contributed by atoms with Crippen LogP contribution in [0.2, 0.25) is 18.1 Å². The Morgan fingerprint density at radius 3 is 2.53 bits per heavy atom. The first-order chi connectivity index (χ1) is 13.9. The van der Waals surface area contributed by atoms with E-state index in [-0.39, 0.29) is 35.4 Å². The van der Waals surface area contributed by atoms with Crippen molar-refractivity contribution in [1.82, 2.24) is 0 Å². The summed E-state index contributed by atoms with van der Waals surface area (Å²) in [4.78, 5) is 14.0. The Morgan fingerprint density at radius 2 is 2.00 bits per heavy atom. The maximum Gasteiger partial charge on any atom is 0.308 e. The lowest BCUT2D eigenvalue weighted by Gasteiger charge is -2.41. The van der Waals surface area contributed by atoms with Gasteiger partial charge in [0, 0.05) is 20.6 Å². The van der Waals surface area contributed by atoms with Crippen molar-refractivity contribution in [2.24, 2.45) is 0 Å². The highest BCUT2D eigenvalue weighted by Crippen LogP contribution is 2.39. The molecule has 1 heterocycles. The lowest BCUT2D eigenvalue weighted by atomic mass is 9.99. The third-order valence-corrected chi connectivity index (χ3v) is 10.7. The first-order valence-corrected chi connectivity index (χ1v) is 14.3. The Labute approximate surface area is 192 Å². The Hall–Kier alpha value is -0.733. The standard InChI is InChI=1S/C23H39BrO5Si/c1-17(11-12-18(26-5)10-9-13-24)14-21(29-30(7,8)23(2,3)4)20-15-19(27-6)16-22(25)28-20/h9,11-14,18-21H,10,15-16H2,1-8H3/b12-11+,13-9+,17-14+/t18-,19-,20-,21-/m1/s1. The van der Waals surface area contributed by atoms with Gasteiger partial charge in [-0.1, -0.05) is 66.6 Å². The van der Waals surface area contributed by atoms with E-state index in [0.717, 1.165) is 12.0 Å². The molecule has 0 radical (unpaired) electrons. The molecule has 30 heavy (non-hydrogen) atoms. The first kappa shape index (κ1) is 27.3. The molecule has 0 spiro atoms. The summed E-state index contributed by atoms with van der Waals surface area (Å²) in [6, 6.07) is 0. The molecular weight excluding hydrogens is 464 g/mol. The van der Waals surface area contributed by atoms with E-state index in [1.807, 2.05) is 30.1 Å². The fourth-order valence-corrected chi connectivity index (χ4v) is 4.39. The van der Waals surface area contributed by atoms with Gasteiger partial charge < -0.3 is 18.6 Å². The molecule has 5 nitrogen and oxygen atoms in total. The molecule has 1 aliphatic heterocycles. The number of carbonyl (C=O) groups excluding carboxylic acids is 1. The van der Waals surface area contributed by atoms with E-state index in [4.69, 9.17) is 18.6 Å². The van der Waals surface area contributed by atoms with Crippen LogP contribution in [-0.2, 0) is 23.4 Å². The van der Waals surface area contributed by atoms with Gasteiger partial charge in [-0.2, -0.15) is 0 Å². The van der Waals surface area contributed by atoms with Crippen molar-refractivity contribution in [2.45, 2.75) is 89.5 Å². The molecule has 0 N–H and O–H groups in total. The molecule has 1 aliphatic rings. The molecule has 0 aromatic heterocycles. The number of cyclic esters (lactones) is 1. The molecule has 0 unspecified atom stereocenters. The highest BCUT2D eigenvalue weighted by atomic mass is 79.9. The highest BCUT2D eigenvalue weighted by molar-refractivity contribution is 9.11. The monoisotopic (exact) mass is 502 g/mol. The van der Waals surface area contributed by atoms with Gasteiger partial charge in [0.2, 0.25) is 0 Å². The highest BCUT2D eigenvalue weighted by Gasteiger charge is 2.42. The SMILES string of the molecule is CO[C@H]1CC(=O)O[C@@H]([C@@H](/C=C(C)/C=C/[C@@H](C/C=C/Br)OC)O[Si](C)(C)C(C)(C)C)C1. The second kappa shape index (κ2) is 12.3. The molecule has 172 valence electrons. The second-order valence-electron chi connectivity index (χ2n) is 9.31. The third kappa shape index (κ3) is 8.79. The van der Waals surface area contributed by atoms with E-state index < -0.39 is 8.32 Å². The number of rotatable bonds is 10. The minimum absolute atomic E-state index is 0.00714. The van der Waals surface area contributed by atoms with E-state index >= 15 is 0 Å². The van der Waals surface area contributed by atoms with Gasteiger partial charge in [-0.15, -0.1) is 0 Å². The molecule has 0 aromatic rings. The fraction of sp³-hybridized carbons (Fsp3) is 0.696. The largest absolute Gasteiger partial charge is 0.459 e. The summed E-state index contributed by atoms with van der Waals surface area (Å²) in [7, 11) is 1.26. The van der Waals surface area contributed by atoms with Crippen LogP contribution in [0.4, 0.5) is 0 Å². The van der Waals surface area contributed by atoms with Crippen LogP contribution in [0.15, 0.2) is 34.9 Å². The van der Waals surface area contributed by atoms with Crippen molar-refractivity contribution in [3.63, 3.8) is 0 Å². The zero-order chi connectivity index (χ0) is 22.9. The van der Waals surface area contributed by atoms with E-state index in [2.05, 4.69) is 55.9 Å². The van der Waals surface area contributed by atoms with Gasteiger partial charge in [-0.3, -0.25) is 4.79 Å². The second-order valence-corrected chi connectivity index (χ2v) is 14.6. The molecule has 0 amide bonds. The average molecular weight is 504 g/mol. The Kier molecular flexibility index (Phi) is 11.2.